The summed E-state index contributed by atoms with van der Waals surface area (Å²) in [6, 6.07) is 1.91. The van der Waals surface area contributed by atoms with Gasteiger partial charge in [0.05, 0.1) is 16.8 Å². The molecule has 2 aliphatic rings. The van der Waals surface area contributed by atoms with Gasteiger partial charge in [0.15, 0.2) is 0 Å². The van der Waals surface area contributed by atoms with Crippen LogP contribution < -0.4 is 5.59 Å². The van der Waals surface area contributed by atoms with Gasteiger partial charge >= 0.3 is 7.12 Å². The molecule has 1 aliphatic heterocycles. The molecule has 21 heavy (non-hydrogen) atoms. The molecule has 0 unspecified atom stereocenters. The highest BCUT2D eigenvalue weighted by Crippen LogP contribution is 2.36. The third-order valence-corrected chi connectivity index (χ3v) is 5.16. The Morgan fingerprint density at radius 2 is 1.67 bits per heavy atom. The Bertz CT molecular complexity index is 497. The second-order valence-corrected chi connectivity index (χ2v) is 7.26. The van der Waals surface area contributed by atoms with Gasteiger partial charge in [-0.15, -0.1) is 0 Å². The zero-order valence-electron chi connectivity index (χ0n) is 13.6. The standard InChI is InChI=1S/C16H25BN2O2/c1-15(2)16(3,4)21-17(20-15)13-10-11-18-14(19-13)12-8-6-5-7-9-12/h10-12H,5-9H2,1-4H3. The van der Waals surface area contributed by atoms with Crippen LogP contribution in [0.25, 0.3) is 0 Å². The van der Waals surface area contributed by atoms with Crippen LogP contribution >= 0.6 is 0 Å². The Balaban J connectivity index is 1.81. The average molecular weight is 288 g/mol. The molecule has 0 bridgehead atoms. The van der Waals surface area contributed by atoms with Gasteiger partial charge in [0, 0.05) is 12.1 Å². The summed E-state index contributed by atoms with van der Waals surface area (Å²) >= 11 is 0. The Morgan fingerprint density at radius 1 is 1.05 bits per heavy atom. The lowest BCUT2D eigenvalue weighted by Gasteiger charge is -2.32. The van der Waals surface area contributed by atoms with Crippen LogP contribution in [-0.2, 0) is 9.31 Å². The summed E-state index contributed by atoms with van der Waals surface area (Å²) in [6.07, 6.45) is 8.16. The first-order valence-electron chi connectivity index (χ1n) is 8.07. The van der Waals surface area contributed by atoms with E-state index >= 15 is 0 Å². The van der Waals surface area contributed by atoms with Gasteiger partial charge in [0.25, 0.3) is 0 Å². The lowest BCUT2D eigenvalue weighted by atomic mass is 9.83. The lowest BCUT2D eigenvalue weighted by Crippen LogP contribution is -2.41. The molecule has 0 N–H and O–H groups in total. The van der Waals surface area contributed by atoms with Gasteiger partial charge in [-0.05, 0) is 46.6 Å². The monoisotopic (exact) mass is 288 g/mol. The minimum atomic E-state index is -0.389. The molecule has 0 atom stereocenters. The highest BCUT2D eigenvalue weighted by molar-refractivity contribution is 6.61. The van der Waals surface area contributed by atoms with Gasteiger partial charge in [-0.2, -0.15) is 0 Å². The molecule has 3 rings (SSSR count). The van der Waals surface area contributed by atoms with E-state index in [1.807, 2.05) is 12.3 Å². The zero-order valence-corrected chi connectivity index (χ0v) is 13.6. The Hall–Kier alpha value is -0.935. The van der Waals surface area contributed by atoms with Gasteiger partial charge in [0.2, 0.25) is 0 Å². The summed E-state index contributed by atoms with van der Waals surface area (Å²) in [7, 11) is -0.389. The SMILES string of the molecule is CC1(C)OB(c2ccnc(C3CCCCC3)n2)OC1(C)C. The maximum Gasteiger partial charge on any atom is 0.514 e. The molecule has 2 heterocycles. The van der Waals surface area contributed by atoms with E-state index in [2.05, 4.69) is 32.7 Å². The van der Waals surface area contributed by atoms with Crippen molar-refractivity contribution >= 4 is 12.7 Å². The minimum absolute atomic E-state index is 0.326. The maximum absolute atomic E-state index is 6.08. The summed E-state index contributed by atoms with van der Waals surface area (Å²) in [5.41, 5.74) is 0.200. The topological polar surface area (TPSA) is 44.2 Å². The quantitative estimate of drug-likeness (QED) is 0.785. The molecule has 1 aromatic heterocycles. The van der Waals surface area contributed by atoms with E-state index in [1.54, 1.807) is 0 Å². The van der Waals surface area contributed by atoms with E-state index in [4.69, 9.17) is 14.3 Å². The molecular weight excluding hydrogens is 263 g/mol. The van der Waals surface area contributed by atoms with E-state index in [0.29, 0.717) is 5.92 Å². The molecule has 1 aromatic rings. The van der Waals surface area contributed by atoms with E-state index in [0.717, 1.165) is 11.4 Å². The zero-order chi connectivity index (χ0) is 15.1. The first-order valence-corrected chi connectivity index (χ1v) is 8.07. The molecule has 0 radical (unpaired) electrons. The third kappa shape index (κ3) is 2.86. The molecule has 1 saturated carbocycles. The molecule has 114 valence electrons. The fourth-order valence-corrected chi connectivity index (χ4v) is 3.04. The lowest BCUT2D eigenvalue weighted by molar-refractivity contribution is 0.00578. The van der Waals surface area contributed by atoms with Gasteiger partial charge in [-0.25, -0.2) is 9.97 Å². The van der Waals surface area contributed by atoms with E-state index in [-0.39, 0.29) is 18.3 Å². The summed E-state index contributed by atoms with van der Waals surface area (Å²) in [5, 5.41) is 0. The van der Waals surface area contributed by atoms with Crippen LogP contribution in [0, 0.1) is 0 Å². The summed E-state index contributed by atoms with van der Waals surface area (Å²) in [4.78, 5) is 9.23. The van der Waals surface area contributed by atoms with Gasteiger partial charge < -0.3 is 9.31 Å². The molecule has 4 nitrogen and oxygen atoms in total. The predicted molar refractivity (Wildman–Crippen MR) is 83.6 cm³/mol. The fraction of sp³-hybridized carbons (Fsp3) is 0.750. The highest BCUT2D eigenvalue weighted by Gasteiger charge is 2.52. The molecule has 1 saturated heterocycles. The molecule has 1 aliphatic carbocycles. The third-order valence-electron chi connectivity index (χ3n) is 5.16. The minimum Gasteiger partial charge on any atom is -0.398 e. The van der Waals surface area contributed by atoms with Crippen LogP contribution in [-0.4, -0.2) is 28.3 Å². The Kier molecular flexibility index (Phi) is 3.82. The van der Waals surface area contributed by atoms with Gasteiger partial charge in [0.1, 0.15) is 5.82 Å². The number of nitrogens with zero attached hydrogens (tertiary/aromatic N) is 2. The van der Waals surface area contributed by atoms with E-state index in [1.165, 1.54) is 32.1 Å². The second-order valence-electron chi connectivity index (χ2n) is 7.26. The largest absolute Gasteiger partial charge is 0.514 e. The van der Waals surface area contributed by atoms with Crippen molar-refractivity contribution in [2.75, 3.05) is 0 Å². The normalized spacial score (nSPS) is 25.2. The van der Waals surface area contributed by atoms with Crippen LogP contribution in [0.4, 0.5) is 0 Å². The average Bonchev–Trinajstić information content (AvgIpc) is 2.69. The second kappa shape index (κ2) is 5.36. The number of hydrogen-bond acceptors (Lipinski definition) is 4. The summed E-state index contributed by atoms with van der Waals surface area (Å²) in [5.74, 6) is 1.46. The van der Waals surface area contributed by atoms with Gasteiger partial charge in [-0.3, -0.25) is 0 Å². The van der Waals surface area contributed by atoms with Crippen LogP contribution in [0.15, 0.2) is 12.3 Å². The Labute approximate surface area is 127 Å². The molecule has 0 spiro atoms. The van der Waals surface area contributed by atoms with E-state index < -0.39 is 0 Å². The number of rotatable bonds is 2. The number of aromatic nitrogens is 2. The molecule has 0 amide bonds. The van der Waals surface area contributed by atoms with Crippen molar-refractivity contribution in [2.45, 2.75) is 76.9 Å². The van der Waals surface area contributed by atoms with Gasteiger partial charge in [-0.1, -0.05) is 19.3 Å². The van der Waals surface area contributed by atoms with Crippen LogP contribution in [0.2, 0.25) is 0 Å². The van der Waals surface area contributed by atoms with Crippen molar-refractivity contribution in [3.63, 3.8) is 0 Å². The summed E-state index contributed by atoms with van der Waals surface area (Å²) < 4.78 is 12.2. The van der Waals surface area contributed by atoms with Crippen molar-refractivity contribution in [3.8, 4) is 0 Å². The summed E-state index contributed by atoms with van der Waals surface area (Å²) in [6.45, 7) is 8.26. The fourth-order valence-electron chi connectivity index (χ4n) is 3.04. The van der Waals surface area contributed by atoms with E-state index in [9.17, 15) is 0 Å². The maximum atomic E-state index is 6.08. The molecular formula is C16H25BN2O2. The van der Waals surface area contributed by atoms with Crippen molar-refractivity contribution < 1.29 is 9.31 Å². The smallest absolute Gasteiger partial charge is 0.398 e. The van der Waals surface area contributed by atoms with Crippen molar-refractivity contribution in [2.24, 2.45) is 0 Å². The first-order chi connectivity index (χ1) is 9.89. The molecule has 5 heteroatoms. The first kappa shape index (κ1) is 15.0. The number of hydrogen-bond donors (Lipinski definition) is 0. The molecule has 2 fully saturated rings. The molecule has 0 aromatic carbocycles. The Morgan fingerprint density at radius 3 is 2.29 bits per heavy atom. The van der Waals surface area contributed by atoms with Crippen LogP contribution in [0.1, 0.15) is 71.5 Å². The predicted octanol–water partition coefficient (Wildman–Crippen LogP) is 2.82. The van der Waals surface area contributed by atoms with Crippen LogP contribution in [0.5, 0.6) is 0 Å². The van der Waals surface area contributed by atoms with Crippen molar-refractivity contribution in [1.29, 1.82) is 0 Å². The van der Waals surface area contributed by atoms with Crippen molar-refractivity contribution in [3.05, 3.63) is 18.1 Å². The van der Waals surface area contributed by atoms with Crippen molar-refractivity contribution in [1.82, 2.24) is 9.97 Å². The van der Waals surface area contributed by atoms with Crippen LogP contribution in [0.3, 0.4) is 0 Å². The highest BCUT2D eigenvalue weighted by atomic mass is 16.7.